The molecule has 9 heteroatoms. The number of thioether (sulfide) groups is 1. The highest BCUT2D eigenvalue weighted by Crippen LogP contribution is 2.38. The molecule has 0 saturated carbocycles. The fourth-order valence-electron chi connectivity index (χ4n) is 2.91. The topological polar surface area (TPSA) is 45.7 Å². The molecule has 0 radical (unpaired) electrons. The Morgan fingerprint density at radius 1 is 1.16 bits per heavy atom. The summed E-state index contributed by atoms with van der Waals surface area (Å²) in [6, 6.07) is 13.9. The van der Waals surface area contributed by atoms with Gasteiger partial charge in [-0.1, -0.05) is 41.1 Å². The number of thiazole rings is 1. The minimum Gasteiger partial charge on any atom is -0.494 e. The zero-order valence-corrected chi connectivity index (χ0v) is 21.0. The zero-order chi connectivity index (χ0) is 21.5. The van der Waals surface area contributed by atoms with Crippen LogP contribution >= 0.6 is 47.1 Å². The molecule has 1 amide bonds. The molecule has 3 aromatic rings. The number of anilines is 1. The van der Waals surface area contributed by atoms with E-state index in [9.17, 15) is 4.79 Å². The van der Waals surface area contributed by atoms with Crippen LogP contribution in [0, 0.1) is 0 Å². The molecule has 3 rings (SSSR count). The Balaban J connectivity index is 0.00000341. The number of methoxy groups -OCH3 is 1. The molecular weight excluding hydrogens is 473 g/mol. The fraction of sp³-hybridized carbons (Fsp3) is 0.364. The van der Waals surface area contributed by atoms with Gasteiger partial charge in [-0.25, -0.2) is 4.98 Å². The van der Waals surface area contributed by atoms with Crippen molar-refractivity contribution in [3.63, 3.8) is 0 Å². The summed E-state index contributed by atoms with van der Waals surface area (Å²) in [5, 5.41) is 1.28. The second kappa shape index (κ2) is 12.5. The molecule has 0 aliphatic heterocycles. The van der Waals surface area contributed by atoms with Gasteiger partial charge in [0.2, 0.25) is 5.91 Å². The monoisotopic (exact) mass is 499 g/mol. The van der Waals surface area contributed by atoms with Gasteiger partial charge in [0, 0.05) is 24.4 Å². The number of fused-ring (bicyclic) bond motifs is 1. The van der Waals surface area contributed by atoms with Crippen LogP contribution in [0.15, 0.2) is 47.4 Å². The first-order valence-electron chi connectivity index (χ1n) is 9.75. The Hall–Kier alpha value is -1.51. The van der Waals surface area contributed by atoms with Crippen LogP contribution in [0.4, 0.5) is 5.13 Å². The van der Waals surface area contributed by atoms with E-state index in [4.69, 9.17) is 21.3 Å². The molecule has 0 fully saturated rings. The summed E-state index contributed by atoms with van der Waals surface area (Å²) in [4.78, 5) is 22.9. The van der Waals surface area contributed by atoms with Crippen LogP contribution in [0.25, 0.3) is 10.2 Å². The number of halogens is 2. The van der Waals surface area contributed by atoms with Gasteiger partial charge in [0.1, 0.15) is 11.3 Å². The molecule has 0 spiro atoms. The van der Waals surface area contributed by atoms with E-state index in [1.807, 2.05) is 32.3 Å². The lowest BCUT2D eigenvalue weighted by Gasteiger charge is -2.22. The number of rotatable bonds is 10. The van der Waals surface area contributed by atoms with Crippen molar-refractivity contribution in [2.75, 3.05) is 44.9 Å². The molecule has 0 unspecified atom stereocenters. The van der Waals surface area contributed by atoms with E-state index in [1.165, 1.54) is 16.2 Å². The van der Waals surface area contributed by atoms with E-state index in [0.717, 1.165) is 23.4 Å². The lowest BCUT2D eigenvalue weighted by Crippen LogP contribution is -2.36. The smallest absolute Gasteiger partial charge is 0.228 e. The summed E-state index contributed by atoms with van der Waals surface area (Å²) in [5.41, 5.74) is 0.701. The molecule has 5 nitrogen and oxygen atoms in total. The van der Waals surface area contributed by atoms with Crippen molar-refractivity contribution in [1.29, 1.82) is 0 Å². The SMILES string of the molecule is COc1ccc(Cl)c2sc(N(CCN(C)C)C(=O)CCCSc3ccccc3)nc12.Cl. The number of hydrogen-bond acceptors (Lipinski definition) is 6. The van der Waals surface area contributed by atoms with Crippen molar-refractivity contribution < 1.29 is 9.53 Å². The standard InChI is InChI=1S/C22H26ClN3O2S2.ClH/c1-25(2)13-14-26(19(27)10-7-15-29-16-8-5-4-6-9-16)22-24-20-18(28-3)12-11-17(23)21(20)30-22;/h4-6,8-9,11-12H,7,10,13-15H2,1-3H3;1H. The van der Waals surface area contributed by atoms with E-state index in [-0.39, 0.29) is 18.3 Å². The van der Waals surface area contributed by atoms with E-state index < -0.39 is 0 Å². The Morgan fingerprint density at radius 2 is 1.90 bits per heavy atom. The maximum Gasteiger partial charge on any atom is 0.228 e. The van der Waals surface area contributed by atoms with Gasteiger partial charge in [0.25, 0.3) is 0 Å². The minimum absolute atomic E-state index is 0. The van der Waals surface area contributed by atoms with Crippen molar-refractivity contribution in [1.82, 2.24) is 9.88 Å². The Kier molecular flexibility index (Phi) is 10.4. The molecule has 0 N–H and O–H groups in total. The van der Waals surface area contributed by atoms with Gasteiger partial charge in [-0.05, 0) is 50.5 Å². The molecular formula is C22H27Cl2N3O2S2. The average Bonchev–Trinajstić information content (AvgIpc) is 3.18. The van der Waals surface area contributed by atoms with Crippen LogP contribution in [-0.4, -0.2) is 55.8 Å². The first kappa shape index (κ1) is 25.7. The summed E-state index contributed by atoms with van der Waals surface area (Å²) >= 11 is 9.58. The van der Waals surface area contributed by atoms with Gasteiger partial charge in [-0.3, -0.25) is 9.69 Å². The van der Waals surface area contributed by atoms with Crippen LogP contribution in [0.1, 0.15) is 12.8 Å². The molecule has 168 valence electrons. The van der Waals surface area contributed by atoms with Crippen molar-refractivity contribution in [2.24, 2.45) is 0 Å². The normalized spacial score (nSPS) is 10.9. The minimum atomic E-state index is 0. The van der Waals surface area contributed by atoms with E-state index in [1.54, 1.807) is 35.9 Å². The van der Waals surface area contributed by atoms with Gasteiger partial charge in [0.05, 0.1) is 16.8 Å². The number of ether oxygens (including phenoxy) is 1. The third kappa shape index (κ3) is 6.99. The van der Waals surface area contributed by atoms with Gasteiger partial charge in [-0.2, -0.15) is 0 Å². The van der Waals surface area contributed by atoms with Crippen LogP contribution < -0.4 is 9.64 Å². The fourth-order valence-corrected chi connectivity index (χ4v) is 5.09. The number of nitrogens with zero attached hydrogens (tertiary/aromatic N) is 3. The second-order valence-electron chi connectivity index (χ2n) is 7.04. The number of hydrogen-bond donors (Lipinski definition) is 0. The van der Waals surface area contributed by atoms with Gasteiger partial charge >= 0.3 is 0 Å². The molecule has 1 aromatic heterocycles. The summed E-state index contributed by atoms with van der Waals surface area (Å²) in [7, 11) is 5.61. The molecule has 0 aliphatic carbocycles. The van der Waals surface area contributed by atoms with E-state index in [2.05, 4.69) is 17.0 Å². The number of amides is 1. The molecule has 0 saturated heterocycles. The quantitative estimate of drug-likeness (QED) is 0.258. The predicted molar refractivity (Wildman–Crippen MR) is 136 cm³/mol. The number of likely N-dealkylation sites (N-methyl/N-ethyl adjacent to an activating group) is 1. The Bertz CT molecular complexity index is 984. The first-order chi connectivity index (χ1) is 14.5. The highest BCUT2D eigenvalue weighted by molar-refractivity contribution is 7.99. The summed E-state index contributed by atoms with van der Waals surface area (Å²) in [5.74, 6) is 1.65. The molecule has 0 aliphatic rings. The lowest BCUT2D eigenvalue weighted by molar-refractivity contribution is -0.118. The average molecular weight is 501 g/mol. The van der Waals surface area contributed by atoms with Crippen molar-refractivity contribution in [3.05, 3.63) is 47.5 Å². The highest BCUT2D eigenvalue weighted by atomic mass is 35.5. The summed E-state index contributed by atoms with van der Waals surface area (Å²) in [6.07, 6.45) is 1.29. The van der Waals surface area contributed by atoms with Crippen molar-refractivity contribution >= 4 is 68.4 Å². The number of carbonyl (C=O) groups is 1. The lowest BCUT2D eigenvalue weighted by atomic mass is 10.3. The number of carbonyl (C=O) groups excluding carboxylic acids is 1. The van der Waals surface area contributed by atoms with Crippen LogP contribution in [0.2, 0.25) is 5.02 Å². The molecule has 0 atom stereocenters. The Labute approximate surface area is 203 Å². The van der Waals surface area contributed by atoms with Gasteiger partial charge in [-0.15, -0.1) is 24.2 Å². The molecule has 0 bridgehead atoms. The maximum absolute atomic E-state index is 13.1. The molecule has 2 aromatic carbocycles. The van der Waals surface area contributed by atoms with Crippen LogP contribution in [0.3, 0.4) is 0 Å². The summed E-state index contributed by atoms with van der Waals surface area (Å²) in [6.45, 7) is 1.34. The third-order valence-electron chi connectivity index (χ3n) is 4.52. The first-order valence-corrected chi connectivity index (χ1v) is 11.9. The predicted octanol–water partition coefficient (Wildman–Crippen LogP) is 5.85. The van der Waals surface area contributed by atoms with Crippen molar-refractivity contribution in [2.45, 2.75) is 17.7 Å². The van der Waals surface area contributed by atoms with Gasteiger partial charge < -0.3 is 9.64 Å². The number of benzene rings is 2. The second-order valence-corrected chi connectivity index (χ2v) is 9.59. The molecule has 1 heterocycles. The zero-order valence-electron chi connectivity index (χ0n) is 17.8. The largest absolute Gasteiger partial charge is 0.494 e. The van der Waals surface area contributed by atoms with Gasteiger partial charge in [0.15, 0.2) is 5.13 Å². The highest BCUT2D eigenvalue weighted by Gasteiger charge is 2.21. The third-order valence-corrected chi connectivity index (χ3v) is 7.15. The van der Waals surface area contributed by atoms with E-state index in [0.29, 0.717) is 34.4 Å². The molecule has 31 heavy (non-hydrogen) atoms. The maximum atomic E-state index is 13.1. The van der Waals surface area contributed by atoms with Crippen molar-refractivity contribution in [3.8, 4) is 5.75 Å². The number of aromatic nitrogens is 1. The van der Waals surface area contributed by atoms with Crippen LogP contribution in [0.5, 0.6) is 5.75 Å². The van der Waals surface area contributed by atoms with Crippen LogP contribution in [-0.2, 0) is 4.79 Å². The Morgan fingerprint density at radius 3 is 2.58 bits per heavy atom. The van der Waals surface area contributed by atoms with E-state index >= 15 is 0 Å². The summed E-state index contributed by atoms with van der Waals surface area (Å²) < 4.78 is 6.27.